The smallest absolute Gasteiger partial charge is 0.256 e. The molecule has 5 rings (SSSR count). The number of anilines is 1. The summed E-state index contributed by atoms with van der Waals surface area (Å²) in [7, 11) is 0. The normalized spacial score (nSPS) is 20.7. The molecular weight excluding hydrogens is 475 g/mol. The highest BCUT2D eigenvalue weighted by molar-refractivity contribution is 6.00. The van der Waals surface area contributed by atoms with Crippen molar-refractivity contribution in [2.24, 2.45) is 0 Å². The van der Waals surface area contributed by atoms with Gasteiger partial charge in [0, 0.05) is 63.2 Å². The van der Waals surface area contributed by atoms with Crippen LogP contribution < -0.4 is 10.2 Å². The fourth-order valence-corrected chi connectivity index (χ4v) is 5.34. The van der Waals surface area contributed by atoms with Gasteiger partial charge < -0.3 is 24.8 Å². The summed E-state index contributed by atoms with van der Waals surface area (Å²) < 4.78 is 18.7. The van der Waals surface area contributed by atoms with Gasteiger partial charge in [-0.3, -0.25) is 14.4 Å². The second kappa shape index (κ2) is 11.3. The SMILES string of the molecule is O=C(NC1CCN(c2ccccc2C(=O)N2CCN(C(=O)C3CCCO3)CC2)CC1)c1ccc(F)cc1. The Kier molecular flexibility index (Phi) is 7.69. The van der Waals surface area contributed by atoms with E-state index < -0.39 is 0 Å². The first-order valence-corrected chi connectivity index (χ1v) is 13.1. The minimum absolute atomic E-state index is 0.0196. The van der Waals surface area contributed by atoms with Gasteiger partial charge in [-0.1, -0.05) is 12.1 Å². The van der Waals surface area contributed by atoms with Crippen LogP contribution in [0.4, 0.5) is 10.1 Å². The number of hydrogen-bond donors (Lipinski definition) is 1. The third-order valence-electron chi connectivity index (χ3n) is 7.50. The van der Waals surface area contributed by atoms with Gasteiger partial charge in [0.2, 0.25) is 0 Å². The first-order chi connectivity index (χ1) is 18.0. The van der Waals surface area contributed by atoms with Gasteiger partial charge in [0.15, 0.2) is 0 Å². The number of rotatable bonds is 5. The number of piperazine rings is 1. The predicted molar refractivity (Wildman–Crippen MR) is 137 cm³/mol. The Morgan fingerprint density at radius 1 is 0.838 bits per heavy atom. The van der Waals surface area contributed by atoms with Crippen LogP contribution in [0.3, 0.4) is 0 Å². The first kappa shape index (κ1) is 25.2. The Labute approximate surface area is 216 Å². The van der Waals surface area contributed by atoms with Crippen molar-refractivity contribution in [3.05, 3.63) is 65.5 Å². The number of para-hydroxylation sites is 1. The van der Waals surface area contributed by atoms with E-state index in [1.165, 1.54) is 24.3 Å². The molecule has 196 valence electrons. The molecule has 3 aliphatic heterocycles. The summed E-state index contributed by atoms with van der Waals surface area (Å²) in [6, 6.07) is 13.2. The number of ether oxygens (including phenoxy) is 1. The molecule has 0 radical (unpaired) electrons. The van der Waals surface area contributed by atoms with Crippen LogP contribution in [-0.4, -0.2) is 85.5 Å². The number of amides is 3. The summed E-state index contributed by atoms with van der Waals surface area (Å²) in [5, 5.41) is 3.04. The first-order valence-electron chi connectivity index (χ1n) is 13.1. The minimum atomic E-state index is -0.368. The van der Waals surface area contributed by atoms with Crippen LogP contribution in [0.25, 0.3) is 0 Å². The number of carbonyl (C=O) groups excluding carboxylic acids is 3. The number of nitrogens with zero attached hydrogens (tertiary/aromatic N) is 3. The summed E-state index contributed by atoms with van der Waals surface area (Å²) in [6.07, 6.45) is 2.87. The zero-order valence-corrected chi connectivity index (χ0v) is 20.9. The van der Waals surface area contributed by atoms with Gasteiger partial charge in [-0.2, -0.15) is 0 Å². The summed E-state index contributed by atoms with van der Waals surface area (Å²) in [5.41, 5.74) is 2.00. The van der Waals surface area contributed by atoms with Crippen LogP contribution in [0.1, 0.15) is 46.4 Å². The van der Waals surface area contributed by atoms with E-state index in [1.54, 1.807) is 0 Å². The molecule has 3 fully saturated rings. The molecule has 0 aliphatic carbocycles. The molecule has 3 saturated heterocycles. The molecule has 1 N–H and O–H groups in total. The average molecular weight is 509 g/mol. The van der Waals surface area contributed by atoms with E-state index in [2.05, 4.69) is 10.2 Å². The highest BCUT2D eigenvalue weighted by atomic mass is 19.1. The summed E-state index contributed by atoms with van der Waals surface area (Å²) >= 11 is 0. The van der Waals surface area contributed by atoms with Crippen molar-refractivity contribution in [2.75, 3.05) is 50.8 Å². The average Bonchev–Trinajstić information content (AvgIpc) is 3.48. The topological polar surface area (TPSA) is 82.2 Å². The van der Waals surface area contributed by atoms with E-state index in [0.717, 1.165) is 31.4 Å². The van der Waals surface area contributed by atoms with E-state index in [4.69, 9.17) is 4.74 Å². The van der Waals surface area contributed by atoms with Gasteiger partial charge >= 0.3 is 0 Å². The van der Waals surface area contributed by atoms with Crippen molar-refractivity contribution in [3.8, 4) is 0 Å². The Balaban J connectivity index is 1.16. The molecule has 3 aliphatic rings. The molecule has 2 aromatic rings. The summed E-state index contributed by atoms with van der Waals surface area (Å²) in [5.74, 6) is -0.552. The summed E-state index contributed by atoms with van der Waals surface area (Å²) in [4.78, 5) is 44.5. The number of piperidine rings is 1. The minimum Gasteiger partial charge on any atom is -0.371 e. The lowest BCUT2D eigenvalue weighted by Crippen LogP contribution is -2.53. The molecule has 0 spiro atoms. The van der Waals surface area contributed by atoms with Crippen molar-refractivity contribution in [3.63, 3.8) is 0 Å². The van der Waals surface area contributed by atoms with Crippen molar-refractivity contribution in [2.45, 2.75) is 37.8 Å². The third kappa shape index (κ3) is 5.77. The van der Waals surface area contributed by atoms with Crippen LogP contribution in [0.5, 0.6) is 0 Å². The fourth-order valence-electron chi connectivity index (χ4n) is 5.34. The van der Waals surface area contributed by atoms with Gasteiger partial charge in [-0.05, 0) is 62.1 Å². The number of halogens is 1. The molecule has 9 heteroatoms. The van der Waals surface area contributed by atoms with Crippen molar-refractivity contribution < 1.29 is 23.5 Å². The van der Waals surface area contributed by atoms with Gasteiger partial charge in [-0.25, -0.2) is 4.39 Å². The zero-order valence-electron chi connectivity index (χ0n) is 20.9. The molecule has 8 nitrogen and oxygen atoms in total. The van der Waals surface area contributed by atoms with Gasteiger partial charge in [0.05, 0.1) is 5.56 Å². The second-order valence-corrected chi connectivity index (χ2v) is 9.88. The standard InChI is InChI=1S/C28H33FN4O4/c29-21-9-7-20(8-10-21)26(34)30-22-11-13-31(14-12-22)24-5-2-1-4-23(24)27(35)32-15-17-33(18-16-32)28(36)25-6-3-19-37-25/h1-2,4-5,7-10,22,25H,3,6,11-19H2,(H,30,34). The molecule has 0 bridgehead atoms. The van der Waals surface area contributed by atoms with E-state index in [-0.39, 0.29) is 35.7 Å². The fraction of sp³-hybridized carbons (Fsp3) is 0.464. The Morgan fingerprint density at radius 3 is 2.19 bits per heavy atom. The van der Waals surface area contributed by atoms with Crippen LogP contribution in [-0.2, 0) is 9.53 Å². The van der Waals surface area contributed by atoms with Gasteiger partial charge in [-0.15, -0.1) is 0 Å². The van der Waals surface area contributed by atoms with Crippen molar-refractivity contribution in [1.29, 1.82) is 0 Å². The van der Waals surface area contributed by atoms with E-state index in [0.29, 0.717) is 57.0 Å². The number of nitrogens with one attached hydrogen (secondary N) is 1. The number of hydrogen-bond acceptors (Lipinski definition) is 5. The molecule has 1 atom stereocenters. The number of carbonyl (C=O) groups is 3. The van der Waals surface area contributed by atoms with Crippen molar-refractivity contribution in [1.82, 2.24) is 15.1 Å². The van der Waals surface area contributed by atoms with Crippen LogP contribution in [0.15, 0.2) is 48.5 Å². The lowest BCUT2D eigenvalue weighted by molar-refractivity contribution is -0.142. The maximum Gasteiger partial charge on any atom is 0.256 e. The van der Waals surface area contributed by atoms with Crippen LogP contribution in [0.2, 0.25) is 0 Å². The Morgan fingerprint density at radius 2 is 1.51 bits per heavy atom. The monoisotopic (exact) mass is 508 g/mol. The molecule has 37 heavy (non-hydrogen) atoms. The van der Waals surface area contributed by atoms with Gasteiger partial charge in [0.1, 0.15) is 11.9 Å². The highest BCUT2D eigenvalue weighted by Crippen LogP contribution is 2.26. The molecule has 3 amide bonds. The lowest BCUT2D eigenvalue weighted by Gasteiger charge is -2.37. The van der Waals surface area contributed by atoms with Crippen LogP contribution >= 0.6 is 0 Å². The maximum atomic E-state index is 13.5. The Hall–Kier alpha value is -3.46. The largest absolute Gasteiger partial charge is 0.371 e. The van der Waals surface area contributed by atoms with Crippen molar-refractivity contribution >= 4 is 23.4 Å². The third-order valence-corrected chi connectivity index (χ3v) is 7.50. The molecule has 2 aromatic carbocycles. The molecule has 1 unspecified atom stereocenters. The maximum absolute atomic E-state index is 13.5. The van der Waals surface area contributed by atoms with E-state index in [9.17, 15) is 18.8 Å². The van der Waals surface area contributed by atoms with E-state index >= 15 is 0 Å². The highest BCUT2D eigenvalue weighted by Gasteiger charge is 2.32. The molecule has 3 heterocycles. The zero-order chi connectivity index (χ0) is 25.8. The van der Waals surface area contributed by atoms with Crippen LogP contribution in [0, 0.1) is 5.82 Å². The molecule has 0 aromatic heterocycles. The quantitative estimate of drug-likeness (QED) is 0.672. The summed E-state index contributed by atoms with van der Waals surface area (Å²) in [6.45, 7) is 4.11. The number of benzene rings is 2. The second-order valence-electron chi connectivity index (χ2n) is 9.88. The lowest BCUT2D eigenvalue weighted by atomic mass is 10.0. The Bertz CT molecular complexity index is 1120. The predicted octanol–water partition coefficient (Wildman–Crippen LogP) is 2.69. The van der Waals surface area contributed by atoms with E-state index in [1.807, 2.05) is 34.1 Å². The molecular formula is C28H33FN4O4. The molecule has 0 saturated carbocycles. The van der Waals surface area contributed by atoms with Gasteiger partial charge in [0.25, 0.3) is 17.7 Å².